The van der Waals surface area contributed by atoms with Gasteiger partial charge in [0.2, 0.25) is 5.88 Å². The quantitative estimate of drug-likeness (QED) is 0.269. The van der Waals surface area contributed by atoms with Crippen molar-refractivity contribution < 1.29 is 26.8 Å². The van der Waals surface area contributed by atoms with Gasteiger partial charge in [0.1, 0.15) is 22.0 Å². The molecule has 0 spiro atoms. The van der Waals surface area contributed by atoms with Crippen LogP contribution in [0.3, 0.4) is 0 Å². The number of hydrogen-bond donors (Lipinski definition) is 0. The average molecular weight is 565 g/mol. The number of hydrogen-bond acceptors (Lipinski definition) is 8. The predicted molar refractivity (Wildman–Crippen MR) is 148 cm³/mol. The minimum absolute atomic E-state index is 0.0689. The van der Waals surface area contributed by atoms with E-state index in [1.807, 2.05) is 24.5 Å². The number of aryl methyl sites for hydroxylation is 2. The second-order valence-corrected chi connectivity index (χ2v) is 12.2. The lowest BCUT2D eigenvalue weighted by atomic mass is 9.86. The fourth-order valence-electron chi connectivity index (χ4n) is 5.94. The van der Waals surface area contributed by atoms with Gasteiger partial charge in [0.05, 0.1) is 41.5 Å². The van der Waals surface area contributed by atoms with Crippen molar-refractivity contribution >= 4 is 31.8 Å². The van der Waals surface area contributed by atoms with Crippen molar-refractivity contribution in [2.45, 2.75) is 37.6 Å². The Morgan fingerprint density at radius 2 is 1.82 bits per heavy atom. The summed E-state index contributed by atoms with van der Waals surface area (Å²) in [6.45, 7) is 4.86. The number of ether oxygens (including phenoxy) is 2. The highest BCUT2D eigenvalue weighted by Crippen LogP contribution is 2.45. The summed E-state index contributed by atoms with van der Waals surface area (Å²) in [4.78, 5) is 9.28. The Bertz CT molecular complexity index is 1820. The van der Waals surface area contributed by atoms with Crippen molar-refractivity contribution in [2.24, 2.45) is 5.92 Å². The number of fused-ring (bicyclic) bond motifs is 3. The molecule has 1 aliphatic rings. The molecule has 1 atom stereocenters. The second-order valence-electron chi connectivity index (χ2n) is 10.2. The maximum atomic E-state index is 14.1. The maximum absolute atomic E-state index is 14.1. The standard InChI is InChI=1S/C29H29FN4O5S/c1-16-24(17(2)39-33-16)20-13-22-26(31-14-20)25-28(23(40(4,35)36)15-32-29(25)37-3)34(22)27(19-9-11-38-12-10-19)18-5-7-21(30)8-6-18/h5-8,13-15,19,27H,9-12H2,1-4H3/t27-/m1/s1. The third kappa shape index (κ3) is 4.33. The first-order valence-electron chi connectivity index (χ1n) is 13.0. The number of methoxy groups -OCH3 is 1. The minimum atomic E-state index is -3.72. The number of rotatable bonds is 6. The minimum Gasteiger partial charge on any atom is -0.480 e. The molecular formula is C29H29FN4O5S. The molecule has 5 heterocycles. The average Bonchev–Trinajstić information content (AvgIpc) is 3.45. The molecule has 0 aliphatic carbocycles. The summed E-state index contributed by atoms with van der Waals surface area (Å²) in [5, 5.41) is 4.61. The van der Waals surface area contributed by atoms with Gasteiger partial charge in [0.25, 0.3) is 0 Å². The molecule has 0 amide bonds. The van der Waals surface area contributed by atoms with Crippen LogP contribution in [0.5, 0.6) is 5.88 Å². The van der Waals surface area contributed by atoms with Crippen molar-refractivity contribution in [1.29, 1.82) is 0 Å². The zero-order chi connectivity index (χ0) is 28.2. The Balaban J connectivity index is 1.79. The van der Waals surface area contributed by atoms with E-state index in [1.54, 1.807) is 18.3 Å². The van der Waals surface area contributed by atoms with Gasteiger partial charge in [-0.25, -0.2) is 17.8 Å². The van der Waals surface area contributed by atoms with Crippen LogP contribution in [0.15, 0.2) is 52.1 Å². The zero-order valence-electron chi connectivity index (χ0n) is 22.6. The molecule has 0 radical (unpaired) electrons. The lowest BCUT2D eigenvalue weighted by Gasteiger charge is -2.33. The molecule has 208 valence electrons. The van der Waals surface area contributed by atoms with Gasteiger partial charge in [-0.05, 0) is 56.4 Å². The summed E-state index contributed by atoms with van der Waals surface area (Å²) < 4.78 is 59.3. The molecule has 0 saturated carbocycles. The van der Waals surface area contributed by atoms with Gasteiger partial charge in [0.15, 0.2) is 9.84 Å². The molecule has 1 fully saturated rings. The van der Waals surface area contributed by atoms with Crippen LogP contribution >= 0.6 is 0 Å². The summed E-state index contributed by atoms with van der Waals surface area (Å²) in [6, 6.07) is 8.02. The Hall–Kier alpha value is -3.83. The van der Waals surface area contributed by atoms with Crippen molar-refractivity contribution in [3.05, 3.63) is 65.6 Å². The SMILES string of the molecule is COc1ncc(S(C)(=O)=O)c2c1c1ncc(-c3c(C)noc3C)cc1n2[C@H](c1ccc(F)cc1)C1CCOCC1. The predicted octanol–water partition coefficient (Wildman–Crippen LogP) is 5.42. The van der Waals surface area contributed by atoms with E-state index < -0.39 is 9.84 Å². The molecule has 4 aromatic heterocycles. The Morgan fingerprint density at radius 1 is 1.10 bits per heavy atom. The molecule has 40 heavy (non-hydrogen) atoms. The molecule has 0 N–H and O–H groups in total. The van der Waals surface area contributed by atoms with Crippen LogP contribution in [-0.2, 0) is 14.6 Å². The van der Waals surface area contributed by atoms with E-state index in [2.05, 4.69) is 10.1 Å². The van der Waals surface area contributed by atoms with Crippen molar-refractivity contribution in [3.8, 4) is 17.0 Å². The van der Waals surface area contributed by atoms with Crippen molar-refractivity contribution in [3.63, 3.8) is 0 Å². The number of nitrogens with zero attached hydrogens (tertiary/aromatic N) is 4. The largest absolute Gasteiger partial charge is 0.480 e. The second kappa shape index (κ2) is 9.97. The highest BCUT2D eigenvalue weighted by atomic mass is 32.2. The highest BCUT2D eigenvalue weighted by molar-refractivity contribution is 7.91. The first kappa shape index (κ1) is 26.4. The molecule has 1 aromatic carbocycles. The van der Waals surface area contributed by atoms with Gasteiger partial charge in [0, 0.05) is 36.8 Å². The van der Waals surface area contributed by atoms with E-state index >= 15 is 0 Å². The van der Waals surface area contributed by atoms with Gasteiger partial charge < -0.3 is 18.6 Å². The summed E-state index contributed by atoms with van der Waals surface area (Å²) >= 11 is 0. The lowest BCUT2D eigenvalue weighted by molar-refractivity contribution is 0.0552. The molecule has 9 nitrogen and oxygen atoms in total. The molecule has 1 saturated heterocycles. The maximum Gasteiger partial charge on any atom is 0.224 e. The van der Waals surface area contributed by atoms with Gasteiger partial charge >= 0.3 is 0 Å². The van der Waals surface area contributed by atoms with Gasteiger partial charge in [-0.15, -0.1) is 0 Å². The van der Waals surface area contributed by atoms with Gasteiger partial charge in [-0.3, -0.25) is 4.98 Å². The van der Waals surface area contributed by atoms with Crippen LogP contribution < -0.4 is 4.74 Å². The molecular weight excluding hydrogens is 535 g/mol. The third-order valence-corrected chi connectivity index (χ3v) is 8.80. The number of sulfone groups is 1. The Morgan fingerprint density at radius 3 is 2.45 bits per heavy atom. The lowest BCUT2D eigenvalue weighted by Crippen LogP contribution is -2.27. The normalized spacial score (nSPS) is 15.6. The first-order chi connectivity index (χ1) is 19.2. The summed E-state index contributed by atoms with van der Waals surface area (Å²) in [5.74, 6) is 0.652. The van der Waals surface area contributed by atoms with E-state index in [0.29, 0.717) is 40.9 Å². The van der Waals surface area contributed by atoms with Crippen LogP contribution in [0.1, 0.15) is 35.9 Å². The van der Waals surface area contributed by atoms with Gasteiger partial charge in [-0.1, -0.05) is 17.3 Å². The van der Waals surface area contributed by atoms with Crippen LogP contribution in [0.4, 0.5) is 4.39 Å². The fraction of sp³-hybridized carbons (Fsp3) is 0.345. The van der Waals surface area contributed by atoms with Crippen LogP contribution in [0, 0.1) is 25.6 Å². The van der Waals surface area contributed by atoms with E-state index in [0.717, 1.165) is 35.2 Å². The number of benzene rings is 1. The monoisotopic (exact) mass is 564 g/mol. The summed E-state index contributed by atoms with van der Waals surface area (Å²) in [5.41, 5.74) is 4.88. The molecule has 1 aliphatic heterocycles. The number of halogens is 1. The number of aromatic nitrogens is 4. The zero-order valence-corrected chi connectivity index (χ0v) is 23.5. The number of pyridine rings is 2. The third-order valence-electron chi connectivity index (χ3n) is 7.70. The van der Waals surface area contributed by atoms with Crippen LogP contribution in [-0.4, -0.2) is 54.7 Å². The summed E-state index contributed by atoms with van der Waals surface area (Å²) in [7, 11) is -2.22. The Kier molecular flexibility index (Phi) is 6.58. The molecule has 0 bridgehead atoms. The molecule has 11 heteroatoms. The van der Waals surface area contributed by atoms with Gasteiger partial charge in [-0.2, -0.15) is 0 Å². The summed E-state index contributed by atoms with van der Waals surface area (Å²) in [6.07, 6.45) is 5.73. The smallest absolute Gasteiger partial charge is 0.224 e. The molecule has 0 unspecified atom stereocenters. The fourth-order valence-corrected chi connectivity index (χ4v) is 6.74. The van der Waals surface area contributed by atoms with E-state index in [4.69, 9.17) is 19.0 Å². The van der Waals surface area contributed by atoms with Crippen LogP contribution in [0.2, 0.25) is 0 Å². The van der Waals surface area contributed by atoms with Crippen molar-refractivity contribution in [1.82, 2.24) is 19.7 Å². The van der Waals surface area contributed by atoms with E-state index in [-0.39, 0.29) is 28.6 Å². The molecule has 6 rings (SSSR count). The topological polar surface area (TPSA) is 109 Å². The van der Waals surface area contributed by atoms with E-state index in [9.17, 15) is 12.8 Å². The molecule has 5 aromatic rings. The van der Waals surface area contributed by atoms with Crippen molar-refractivity contribution in [2.75, 3.05) is 26.6 Å². The van der Waals surface area contributed by atoms with Crippen LogP contribution in [0.25, 0.3) is 33.1 Å². The first-order valence-corrected chi connectivity index (χ1v) is 14.9. The van der Waals surface area contributed by atoms with E-state index in [1.165, 1.54) is 31.7 Å². The Labute approximate surface area is 230 Å². The highest BCUT2D eigenvalue weighted by Gasteiger charge is 2.34.